The fraction of sp³-hybridized carbons (Fsp3) is 0.176. The molecule has 3 heteroatoms. The van der Waals surface area contributed by atoms with Gasteiger partial charge in [-0.15, -0.1) is 0 Å². The first-order valence-corrected chi connectivity index (χ1v) is 6.46. The van der Waals surface area contributed by atoms with Crippen LogP contribution in [0.3, 0.4) is 0 Å². The molecule has 20 heavy (non-hydrogen) atoms. The number of hydrogen-bond acceptors (Lipinski definition) is 3. The minimum absolute atomic E-state index is 0.286. The fourth-order valence-corrected chi connectivity index (χ4v) is 2.09. The van der Waals surface area contributed by atoms with Gasteiger partial charge < -0.3 is 5.32 Å². The van der Waals surface area contributed by atoms with Crippen LogP contribution in [0, 0.1) is 28.6 Å². The van der Waals surface area contributed by atoms with E-state index in [1.165, 1.54) is 0 Å². The molecule has 0 fully saturated rings. The van der Waals surface area contributed by atoms with Crippen LogP contribution in [0.4, 0.5) is 0 Å². The third kappa shape index (κ3) is 3.45. The van der Waals surface area contributed by atoms with E-state index in [1.54, 1.807) is 0 Å². The SMILES string of the molecule is N#CC(C#N)C(NCc1ccccc1)c1ccccc1. The maximum atomic E-state index is 9.14. The Bertz CT molecular complexity index is 594. The number of benzene rings is 2. The van der Waals surface area contributed by atoms with E-state index in [-0.39, 0.29) is 6.04 Å². The quantitative estimate of drug-likeness (QED) is 0.899. The summed E-state index contributed by atoms with van der Waals surface area (Å²) in [4.78, 5) is 0. The molecule has 0 bridgehead atoms. The zero-order valence-electron chi connectivity index (χ0n) is 11.0. The second-order valence-electron chi connectivity index (χ2n) is 4.49. The highest BCUT2D eigenvalue weighted by molar-refractivity contribution is 5.25. The van der Waals surface area contributed by atoms with E-state index in [0.717, 1.165) is 11.1 Å². The number of rotatable bonds is 5. The van der Waals surface area contributed by atoms with Crippen molar-refractivity contribution in [2.24, 2.45) is 5.92 Å². The van der Waals surface area contributed by atoms with Crippen molar-refractivity contribution in [2.45, 2.75) is 12.6 Å². The molecule has 2 aromatic rings. The summed E-state index contributed by atoms with van der Waals surface area (Å²) in [5, 5.41) is 21.6. The van der Waals surface area contributed by atoms with Gasteiger partial charge in [0.15, 0.2) is 5.92 Å². The molecule has 0 aliphatic rings. The molecule has 0 amide bonds. The molecule has 0 aliphatic carbocycles. The zero-order valence-corrected chi connectivity index (χ0v) is 11.0. The minimum Gasteiger partial charge on any atom is -0.304 e. The first kappa shape index (κ1) is 13.8. The van der Waals surface area contributed by atoms with Crippen molar-refractivity contribution < 1.29 is 0 Å². The molecule has 0 saturated carbocycles. The highest BCUT2D eigenvalue weighted by Crippen LogP contribution is 2.21. The molecular weight excluding hydrogens is 246 g/mol. The Hall–Kier alpha value is -2.62. The Morgan fingerprint density at radius 1 is 0.850 bits per heavy atom. The standard InChI is InChI=1S/C17H15N3/c18-11-16(12-19)17(15-9-5-2-6-10-15)20-13-14-7-3-1-4-8-14/h1-10,16-17,20H,13H2. The van der Waals surface area contributed by atoms with Gasteiger partial charge in [0.1, 0.15) is 0 Å². The van der Waals surface area contributed by atoms with Gasteiger partial charge in [0.25, 0.3) is 0 Å². The normalized spacial score (nSPS) is 11.6. The average molecular weight is 261 g/mol. The predicted octanol–water partition coefficient (Wildman–Crippen LogP) is 3.18. The van der Waals surface area contributed by atoms with Crippen LogP contribution in [-0.4, -0.2) is 0 Å². The van der Waals surface area contributed by atoms with Crippen LogP contribution in [0.25, 0.3) is 0 Å². The topological polar surface area (TPSA) is 59.6 Å². The van der Waals surface area contributed by atoms with Crippen molar-refractivity contribution >= 4 is 0 Å². The summed E-state index contributed by atoms with van der Waals surface area (Å²) in [7, 11) is 0. The van der Waals surface area contributed by atoms with Crippen molar-refractivity contribution in [3.63, 3.8) is 0 Å². The van der Waals surface area contributed by atoms with Crippen molar-refractivity contribution in [3.05, 3.63) is 71.8 Å². The van der Waals surface area contributed by atoms with Crippen LogP contribution in [0.1, 0.15) is 17.2 Å². The van der Waals surface area contributed by atoms with Gasteiger partial charge in [0.2, 0.25) is 0 Å². The first-order valence-electron chi connectivity index (χ1n) is 6.46. The molecule has 0 aromatic heterocycles. The van der Waals surface area contributed by atoms with E-state index in [4.69, 9.17) is 10.5 Å². The number of hydrogen-bond donors (Lipinski definition) is 1. The van der Waals surface area contributed by atoms with Gasteiger partial charge in [-0.3, -0.25) is 0 Å². The van der Waals surface area contributed by atoms with Gasteiger partial charge >= 0.3 is 0 Å². The number of nitrogens with zero attached hydrogens (tertiary/aromatic N) is 2. The summed E-state index contributed by atoms with van der Waals surface area (Å²) >= 11 is 0. The van der Waals surface area contributed by atoms with Crippen molar-refractivity contribution in [3.8, 4) is 12.1 Å². The van der Waals surface area contributed by atoms with E-state index in [0.29, 0.717) is 6.54 Å². The Kier molecular flexibility index (Phi) is 4.89. The van der Waals surface area contributed by atoms with E-state index in [2.05, 4.69) is 17.5 Å². The monoisotopic (exact) mass is 261 g/mol. The van der Waals surface area contributed by atoms with E-state index >= 15 is 0 Å². The lowest BCUT2D eigenvalue weighted by Crippen LogP contribution is -2.26. The second kappa shape index (κ2) is 7.09. The second-order valence-corrected chi connectivity index (χ2v) is 4.49. The molecule has 1 atom stereocenters. The molecule has 0 aliphatic heterocycles. The molecular formula is C17H15N3. The van der Waals surface area contributed by atoms with Crippen LogP contribution in [-0.2, 0) is 6.54 Å². The maximum absolute atomic E-state index is 9.14. The number of nitrogens with one attached hydrogen (secondary N) is 1. The van der Waals surface area contributed by atoms with Gasteiger partial charge in [0, 0.05) is 6.54 Å². The molecule has 0 spiro atoms. The predicted molar refractivity (Wildman–Crippen MR) is 77.2 cm³/mol. The molecule has 1 N–H and O–H groups in total. The molecule has 0 heterocycles. The first-order chi connectivity index (χ1) is 9.85. The molecule has 2 aromatic carbocycles. The zero-order chi connectivity index (χ0) is 14.2. The van der Waals surface area contributed by atoms with Crippen LogP contribution in [0.2, 0.25) is 0 Å². The van der Waals surface area contributed by atoms with E-state index < -0.39 is 5.92 Å². The Balaban J connectivity index is 2.16. The Labute approximate surface area is 119 Å². The molecule has 98 valence electrons. The van der Waals surface area contributed by atoms with Gasteiger partial charge in [-0.25, -0.2) is 0 Å². The van der Waals surface area contributed by atoms with E-state index in [9.17, 15) is 0 Å². The third-order valence-electron chi connectivity index (χ3n) is 3.14. The summed E-state index contributed by atoms with van der Waals surface area (Å²) in [6.45, 7) is 0.625. The molecule has 3 nitrogen and oxygen atoms in total. The largest absolute Gasteiger partial charge is 0.304 e. The van der Waals surface area contributed by atoms with Crippen molar-refractivity contribution in [2.75, 3.05) is 0 Å². The molecule has 0 radical (unpaired) electrons. The van der Waals surface area contributed by atoms with Gasteiger partial charge in [-0.05, 0) is 11.1 Å². The van der Waals surface area contributed by atoms with Crippen LogP contribution in [0.5, 0.6) is 0 Å². The minimum atomic E-state index is -0.707. The summed E-state index contributed by atoms with van der Waals surface area (Å²) in [6.07, 6.45) is 0. The Morgan fingerprint density at radius 2 is 1.40 bits per heavy atom. The molecule has 1 unspecified atom stereocenters. The summed E-state index contributed by atoms with van der Waals surface area (Å²) in [5.41, 5.74) is 2.08. The highest BCUT2D eigenvalue weighted by Gasteiger charge is 2.22. The maximum Gasteiger partial charge on any atom is 0.152 e. The lowest BCUT2D eigenvalue weighted by molar-refractivity contribution is 0.485. The van der Waals surface area contributed by atoms with Crippen LogP contribution >= 0.6 is 0 Å². The lowest BCUT2D eigenvalue weighted by Gasteiger charge is -2.19. The van der Waals surface area contributed by atoms with E-state index in [1.807, 2.05) is 60.7 Å². The van der Waals surface area contributed by atoms with Crippen LogP contribution in [0.15, 0.2) is 60.7 Å². The van der Waals surface area contributed by atoms with Gasteiger partial charge in [0.05, 0.1) is 18.2 Å². The smallest absolute Gasteiger partial charge is 0.152 e. The van der Waals surface area contributed by atoms with Gasteiger partial charge in [-0.1, -0.05) is 60.7 Å². The average Bonchev–Trinajstić information content (AvgIpc) is 2.53. The van der Waals surface area contributed by atoms with Crippen LogP contribution < -0.4 is 5.32 Å². The summed E-state index contributed by atoms with van der Waals surface area (Å²) in [5.74, 6) is -0.707. The lowest BCUT2D eigenvalue weighted by atomic mass is 9.95. The molecule has 2 rings (SSSR count). The molecule has 0 saturated heterocycles. The van der Waals surface area contributed by atoms with Crippen molar-refractivity contribution in [1.82, 2.24) is 5.32 Å². The summed E-state index contributed by atoms with van der Waals surface area (Å²) in [6, 6.07) is 23.4. The number of nitriles is 2. The summed E-state index contributed by atoms with van der Waals surface area (Å²) < 4.78 is 0. The fourth-order valence-electron chi connectivity index (χ4n) is 2.09. The van der Waals surface area contributed by atoms with Crippen molar-refractivity contribution in [1.29, 1.82) is 10.5 Å². The Morgan fingerprint density at radius 3 is 1.95 bits per heavy atom. The third-order valence-corrected chi connectivity index (χ3v) is 3.14. The van der Waals surface area contributed by atoms with Gasteiger partial charge in [-0.2, -0.15) is 10.5 Å². The highest BCUT2D eigenvalue weighted by atomic mass is 14.9.